The first kappa shape index (κ1) is 9.34. The monoisotopic (exact) mass is 191 g/mol. The van der Waals surface area contributed by atoms with Crippen LogP contribution in [0.5, 0.6) is 0 Å². The maximum atomic E-state index is 10.2. The van der Waals surface area contributed by atoms with Crippen LogP contribution in [0, 0.1) is 0 Å². The fourth-order valence-electron chi connectivity index (χ4n) is 0. The maximum Gasteiger partial charge on any atom is 0.281 e. The Morgan fingerprint density at radius 1 is 1.40 bits per heavy atom. The van der Waals surface area contributed by atoms with E-state index in [4.69, 9.17) is 0 Å². The summed E-state index contributed by atoms with van der Waals surface area (Å²) < 4.78 is 20.4. The van der Waals surface area contributed by atoms with Gasteiger partial charge in [0, 0.05) is 22.4 Å². The number of rotatable bonds is 0. The van der Waals surface area contributed by atoms with Gasteiger partial charge in [0.05, 0.1) is 0 Å². The van der Waals surface area contributed by atoms with Gasteiger partial charge in [-0.1, -0.05) is 0 Å². The predicted molar refractivity (Wildman–Crippen MR) is 15.0 cm³/mol. The van der Waals surface area contributed by atoms with Crippen molar-refractivity contribution < 1.29 is 31.2 Å². The zero-order chi connectivity index (χ0) is 3.58. The number of halogens is 2. The van der Waals surface area contributed by atoms with E-state index in [-0.39, 0.29) is 22.4 Å². The molecule has 0 atom stereocenters. The van der Waals surface area contributed by atoms with Crippen molar-refractivity contribution in [2.75, 3.05) is 0 Å². The summed E-state index contributed by atoms with van der Waals surface area (Å²) in [6.07, 6.45) is 0. The molecule has 0 saturated carbocycles. The molecule has 0 aromatic carbocycles. The van der Waals surface area contributed by atoms with E-state index in [9.17, 15) is 8.78 Å². The molecule has 0 aliphatic rings. The summed E-state index contributed by atoms with van der Waals surface area (Å²) in [4.78, 5) is 0. The molecule has 0 amide bonds. The summed E-state index contributed by atoms with van der Waals surface area (Å²) in [7, 11) is 0. The summed E-state index contributed by atoms with van der Waals surface area (Å²) in [5.41, 5.74) is 0. The van der Waals surface area contributed by atoms with Crippen molar-refractivity contribution in [2.45, 2.75) is 5.76 Å². The van der Waals surface area contributed by atoms with E-state index in [1.807, 2.05) is 0 Å². The molecule has 0 unspecified atom stereocenters. The summed E-state index contributed by atoms with van der Waals surface area (Å²) in [6, 6.07) is 0. The Hall–Kier alpha value is 0.950. The molecule has 0 nitrogen and oxygen atoms in total. The Labute approximate surface area is 49.9 Å². The van der Waals surface area contributed by atoms with Gasteiger partial charge in [-0.3, -0.25) is 0 Å². The van der Waals surface area contributed by atoms with E-state index in [2.05, 4.69) is 12.6 Å². The Balaban J connectivity index is 0. The number of alkyl halides is 2. The first-order chi connectivity index (χ1) is 1.73. The second-order valence-corrected chi connectivity index (χ2v) is 0.668. The third-order valence-corrected chi connectivity index (χ3v) is 0. The average molecular weight is 192 g/mol. The molecular formula is CH2AgF2S. The van der Waals surface area contributed by atoms with E-state index in [1.54, 1.807) is 0 Å². The summed E-state index contributed by atoms with van der Waals surface area (Å²) in [5.74, 6) is -2.47. The largest absolute Gasteiger partial charge is 0.281 e. The Morgan fingerprint density at radius 2 is 1.40 bits per heavy atom. The molecule has 0 heterocycles. The van der Waals surface area contributed by atoms with Crippen molar-refractivity contribution >= 4 is 12.6 Å². The third kappa shape index (κ3) is 47.7. The van der Waals surface area contributed by atoms with Gasteiger partial charge in [0.1, 0.15) is 0 Å². The van der Waals surface area contributed by atoms with Gasteiger partial charge in [-0.15, -0.1) is 12.6 Å². The van der Waals surface area contributed by atoms with Crippen LogP contribution in [0.2, 0.25) is 0 Å². The molecule has 0 saturated heterocycles. The maximum absolute atomic E-state index is 10.2. The molecule has 37 valence electrons. The molecule has 0 aliphatic carbocycles. The van der Waals surface area contributed by atoms with Crippen LogP contribution in [0.1, 0.15) is 0 Å². The van der Waals surface area contributed by atoms with E-state index >= 15 is 0 Å². The summed E-state index contributed by atoms with van der Waals surface area (Å²) in [6.45, 7) is 0. The molecule has 0 spiro atoms. The van der Waals surface area contributed by atoms with E-state index in [1.165, 1.54) is 0 Å². The molecule has 1 radical (unpaired) electrons. The van der Waals surface area contributed by atoms with Gasteiger partial charge in [0.2, 0.25) is 0 Å². The third-order valence-electron chi connectivity index (χ3n) is 0. The Bertz CT molecular complexity index is 14.4. The van der Waals surface area contributed by atoms with Crippen molar-refractivity contribution in [3.63, 3.8) is 0 Å². The zero-order valence-corrected chi connectivity index (χ0v) is 4.46. The second-order valence-electron chi connectivity index (χ2n) is 0.278. The summed E-state index contributed by atoms with van der Waals surface area (Å²) in [5, 5.41) is 0. The van der Waals surface area contributed by atoms with Gasteiger partial charge in [0.15, 0.2) is 0 Å². The number of thiol groups is 1. The van der Waals surface area contributed by atoms with E-state index < -0.39 is 5.76 Å². The first-order valence-electron chi connectivity index (χ1n) is 0.695. The molecule has 5 heavy (non-hydrogen) atoms. The molecule has 0 fully saturated rings. The minimum atomic E-state index is -2.47. The smallest absolute Gasteiger partial charge is 0.198 e. The van der Waals surface area contributed by atoms with Crippen LogP contribution >= 0.6 is 12.6 Å². The van der Waals surface area contributed by atoms with Crippen molar-refractivity contribution in [1.82, 2.24) is 0 Å². The van der Waals surface area contributed by atoms with Crippen LogP contribution in [0.4, 0.5) is 8.78 Å². The van der Waals surface area contributed by atoms with Crippen molar-refractivity contribution in [2.24, 2.45) is 0 Å². The minimum absolute atomic E-state index is 0. The van der Waals surface area contributed by atoms with E-state index in [0.717, 1.165) is 0 Å². The molecule has 0 bridgehead atoms. The van der Waals surface area contributed by atoms with Crippen LogP contribution < -0.4 is 0 Å². The summed E-state index contributed by atoms with van der Waals surface area (Å²) >= 11 is 2.63. The van der Waals surface area contributed by atoms with E-state index in [0.29, 0.717) is 0 Å². The van der Waals surface area contributed by atoms with Crippen LogP contribution in [0.15, 0.2) is 0 Å². The molecule has 0 N–H and O–H groups in total. The topological polar surface area (TPSA) is 0 Å². The second kappa shape index (κ2) is 4.95. The standard InChI is InChI=1S/CH2F2S.Ag/c2-1(3)4;/h1,4H;. The molecule has 0 aromatic heterocycles. The SMILES string of the molecule is FC(F)S.[Ag]. The van der Waals surface area contributed by atoms with Gasteiger partial charge in [-0.05, 0) is 0 Å². The van der Waals surface area contributed by atoms with Crippen molar-refractivity contribution in [1.29, 1.82) is 0 Å². The van der Waals surface area contributed by atoms with Crippen molar-refractivity contribution in [3.05, 3.63) is 0 Å². The van der Waals surface area contributed by atoms with Gasteiger partial charge in [0.25, 0.3) is 5.76 Å². The quantitative estimate of drug-likeness (QED) is 0.431. The fourth-order valence-corrected chi connectivity index (χ4v) is 0. The predicted octanol–water partition coefficient (Wildman–Crippen LogP) is 1.14. The van der Waals surface area contributed by atoms with Gasteiger partial charge in [-0.2, -0.15) is 8.78 Å². The average Bonchev–Trinajstić information content (AvgIpc) is 0.811. The van der Waals surface area contributed by atoms with Crippen LogP contribution in [-0.4, -0.2) is 5.76 Å². The van der Waals surface area contributed by atoms with Crippen LogP contribution in [0.25, 0.3) is 0 Å². The van der Waals surface area contributed by atoms with Gasteiger partial charge in [-0.25, -0.2) is 0 Å². The van der Waals surface area contributed by atoms with Crippen LogP contribution in [-0.2, 0) is 22.4 Å². The van der Waals surface area contributed by atoms with Crippen molar-refractivity contribution in [3.8, 4) is 0 Å². The fraction of sp³-hybridized carbons (Fsp3) is 1.00. The van der Waals surface area contributed by atoms with Gasteiger partial charge >= 0.3 is 0 Å². The molecular weight excluding hydrogens is 190 g/mol. The Morgan fingerprint density at radius 3 is 1.40 bits per heavy atom. The molecule has 0 aromatic rings. The van der Waals surface area contributed by atoms with Gasteiger partial charge < -0.3 is 0 Å². The number of hydrogen-bond acceptors (Lipinski definition) is 1. The normalized spacial score (nSPS) is 7.20. The van der Waals surface area contributed by atoms with Crippen LogP contribution in [0.3, 0.4) is 0 Å². The minimum Gasteiger partial charge on any atom is -0.198 e. The molecule has 4 heteroatoms. The molecule has 0 aliphatic heterocycles. The first-order valence-corrected chi connectivity index (χ1v) is 1.21. The molecule has 0 rings (SSSR count). The Kier molecular flexibility index (Phi) is 9.25. The zero-order valence-electron chi connectivity index (χ0n) is 2.08. The number of hydrogen-bond donors (Lipinski definition) is 1.